The van der Waals surface area contributed by atoms with E-state index < -0.39 is 10.0 Å². The fourth-order valence-electron chi connectivity index (χ4n) is 3.63. The van der Waals surface area contributed by atoms with E-state index in [1.165, 1.54) is 30.0 Å². The van der Waals surface area contributed by atoms with Crippen LogP contribution in [0.15, 0.2) is 47.4 Å². The van der Waals surface area contributed by atoms with E-state index in [2.05, 4.69) is 6.07 Å². The molecule has 1 aliphatic heterocycles. The second kappa shape index (κ2) is 7.93. The topological polar surface area (TPSA) is 66.9 Å². The summed E-state index contributed by atoms with van der Waals surface area (Å²) in [6.45, 7) is 2.04. The molecule has 0 N–H and O–H groups in total. The maximum atomic E-state index is 12.9. The van der Waals surface area contributed by atoms with E-state index in [-0.39, 0.29) is 23.3 Å². The molecular formula is C21H26N2O4S. The zero-order chi connectivity index (χ0) is 20.5. The number of aryl methyl sites for hydroxylation is 1. The van der Waals surface area contributed by atoms with E-state index in [1.54, 1.807) is 19.2 Å². The molecule has 1 heterocycles. The number of nitrogens with zero attached hydrogens (tertiary/aromatic N) is 2. The van der Waals surface area contributed by atoms with Gasteiger partial charge in [0.2, 0.25) is 15.9 Å². The zero-order valence-corrected chi connectivity index (χ0v) is 17.5. The molecule has 0 bridgehead atoms. The van der Waals surface area contributed by atoms with Crippen LogP contribution in [0.2, 0.25) is 0 Å². The first kappa shape index (κ1) is 20.4. The van der Waals surface area contributed by atoms with E-state index >= 15 is 0 Å². The second-order valence-corrected chi connectivity index (χ2v) is 9.36. The molecule has 0 aromatic heterocycles. The average molecular weight is 403 g/mol. The highest BCUT2D eigenvalue weighted by atomic mass is 32.2. The van der Waals surface area contributed by atoms with Crippen LogP contribution in [0, 0.1) is 0 Å². The van der Waals surface area contributed by atoms with Gasteiger partial charge in [0, 0.05) is 32.2 Å². The normalized spacial score (nSPS) is 16.3. The first-order valence-corrected chi connectivity index (χ1v) is 10.7. The zero-order valence-electron chi connectivity index (χ0n) is 16.7. The summed E-state index contributed by atoms with van der Waals surface area (Å²) in [6, 6.07) is 12.8. The Kier molecular flexibility index (Phi) is 5.76. The maximum Gasteiger partial charge on any atom is 0.242 e. The predicted octanol–water partition coefficient (Wildman–Crippen LogP) is 2.86. The Labute approximate surface area is 166 Å². The molecule has 0 unspecified atom stereocenters. The fraction of sp³-hybridized carbons (Fsp3) is 0.381. The molecule has 6 nitrogen and oxygen atoms in total. The molecule has 3 rings (SSSR count). The van der Waals surface area contributed by atoms with Crippen molar-refractivity contribution in [1.82, 2.24) is 4.31 Å². The molecule has 0 aliphatic carbocycles. The highest BCUT2D eigenvalue weighted by Crippen LogP contribution is 2.33. The number of para-hydroxylation sites is 1. The molecule has 0 saturated heterocycles. The van der Waals surface area contributed by atoms with Gasteiger partial charge < -0.3 is 9.64 Å². The Morgan fingerprint density at radius 2 is 1.93 bits per heavy atom. The third kappa shape index (κ3) is 3.77. The lowest BCUT2D eigenvalue weighted by Crippen LogP contribution is -2.35. The van der Waals surface area contributed by atoms with Crippen LogP contribution in [0.25, 0.3) is 0 Å². The number of rotatable bonds is 6. The third-order valence-electron chi connectivity index (χ3n) is 5.11. The molecule has 28 heavy (non-hydrogen) atoms. The molecule has 2 aromatic rings. The van der Waals surface area contributed by atoms with Crippen LogP contribution < -0.4 is 9.64 Å². The van der Waals surface area contributed by atoms with Gasteiger partial charge in [-0.05, 0) is 55.2 Å². The first-order valence-electron chi connectivity index (χ1n) is 9.25. The predicted molar refractivity (Wildman–Crippen MR) is 109 cm³/mol. The van der Waals surface area contributed by atoms with Gasteiger partial charge in [0.15, 0.2) is 0 Å². The molecule has 1 amide bonds. The Morgan fingerprint density at radius 1 is 1.21 bits per heavy atom. The van der Waals surface area contributed by atoms with Crippen molar-refractivity contribution in [2.75, 3.05) is 26.1 Å². The number of hydrogen-bond donors (Lipinski definition) is 0. The number of benzene rings is 2. The fourth-order valence-corrected chi connectivity index (χ4v) is 4.58. The minimum atomic E-state index is -3.54. The van der Waals surface area contributed by atoms with Crippen LogP contribution in [0.5, 0.6) is 5.75 Å². The number of amides is 1. The summed E-state index contributed by atoms with van der Waals surface area (Å²) < 4.78 is 31.4. The van der Waals surface area contributed by atoms with Gasteiger partial charge in [-0.1, -0.05) is 18.2 Å². The van der Waals surface area contributed by atoms with Crippen molar-refractivity contribution in [3.63, 3.8) is 0 Å². The Bertz CT molecular complexity index is 986. The van der Waals surface area contributed by atoms with Gasteiger partial charge in [0.1, 0.15) is 5.75 Å². The van der Waals surface area contributed by atoms with E-state index in [0.717, 1.165) is 12.1 Å². The summed E-state index contributed by atoms with van der Waals surface area (Å²) in [5, 5.41) is 0. The Balaban J connectivity index is 1.81. The SMILES string of the molecule is COc1ccc(S(=O)(=O)N(C)C)cc1CCC(=O)N1c2ccccc2C[C@@H]1C. The lowest BCUT2D eigenvalue weighted by Gasteiger charge is -2.23. The molecule has 2 aromatic carbocycles. The monoisotopic (exact) mass is 402 g/mol. The molecule has 1 aliphatic rings. The maximum absolute atomic E-state index is 12.9. The first-order chi connectivity index (χ1) is 13.3. The smallest absolute Gasteiger partial charge is 0.242 e. The van der Waals surface area contributed by atoms with E-state index in [9.17, 15) is 13.2 Å². The number of fused-ring (bicyclic) bond motifs is 1. The van der Waals surface area contributed by atoms with Gasteiger partial charge in [0.25, 0.3) is 0 Å². The second-order valence-electron chi connectivity index (χ2n) is 7.21. The summed E-state index contributed by atoms with van der Waals surface area (Å²) >= 11 is 0. The highest BCUT2D eigenvalue weighted by Gasteiger charge is 2.30. The van der Waals surface area contributed by atoms with Gasteiger partial charge >= 0.3 is 0 Å². The number of carbonyl (C=O) groups is 1. The van der Waals surface area contributed by atoms with Crippen molar-refractivity contribution in [2.24, 2.45) is 0 Å². The van der Waals surface area contributed by atoms with Crippen LogP contribution in [-0.2, 0) is 27.7 Å². The molecule has 1 atom stereocenters. The van der Waals surface area contributed by atoms with E-state index in [0.29, 0.717) is 17.7 Å². The molecule has 0 spiro atoms. The van der Waals surface area contributed by atoms with Crippen LogP contribution in [-0.4, -0.2) is 45.9 Å². The van der Waals surface area contributed by atoms with Gasteiger partial charge in [-0.15, -0.1) is 0 Å². The lowest BCUT2D eigenvalue weighted by atomic mass is 10.1. The number of hydrogen-bond acceptors (Lipinski definition) is 4. The highest BCUT2D eigenvalue weighted by molar-refractivity contribution is 7.89. The minimum Gasteiger partial charge on any atom is -0.496 e. The van der Waals surface area contributed by atoms with Crippen molar-refractivity contribution >= 4 is 21.6 Å². The van der Waals surface area contributed by atoms with Crippen LogP contribution in [0.3, 0.4) is 0 Å². The summed E-state index contributed by atoms with van der Waals surface area (Å²) in [4.78, 5) is 15.0. The number of carbonyl (C=O) groups excluding carboxylic acids is 1. The molecular weight excluding hydrogens is 376 g/mol. The number of sulfonamides is 1. The van der Waals surface area contributed by atoms with Crippen LogP contribution in [0.4, 0.5) is 5.69 Å². The minimum absolute atomic E-state index is 0.0281. The van der Waals surface area contributed by atoms with Crippen molar-refractivity contribution < 1.29 is 17.9 Å². The van der Waals surface area contributed by atoms with Crippen molar-refractivity contribution in [1.29, 1.82) is 0 Å². The average Bonchev–Trinajstić information content (AvgIpc) is 3.01. The quantitative estimate of drug-likeness (QED) is 0.745. The van der Waals surface area contributed by atoms with Crippen LogP contribution >= 0.6 is 0 Å². The van der Waals surface area contributed by atoms with E-state index in [4.69, 9.17) is 4.74 Å². The Morgan fingerprint density at radius 3 is 2.61 bits per heavy atom. The lowest BCUT2D eigenvalue weighted by molar-refractivity contribution is -0.118. The standard InChI is InChI=1S/C21H26N2O4S/c1-15-13-16-7-5-6-8-19(16)23(15)21(24)12-9-17-14-18(10-11-20(17)27-4)28(25,26)22(2)3/h5-8,10-11,14-15H,9,12-13H2,1-4H3/t15-/m0/s1. The number of anilines is 1. The largest absolute Gasteiger partial charge is 0.496 e. The van der Waals surface area contributed by atoms with Gasteiger partial charge in [-0.2, -0.15) is 0 Å². The van der Waals surface area contributed by atoms with Gasteiger partial charge in [0.05, 0.1) is 12.0 Å². The summed E-state index contributed by atoms with van der Waals surface area (Å²) in [5.41, 5.74) is 2.86. The van der Waals surface area contributed by atoms with Crippen molar-refractivity contribution in [2.45, 2.75) is 37.1 Å². The van der Waals surface area contributed by atoms with Gasteiger partial charge in [-0.25, -0.2) is 12.7 Å². The number of methoxy groups -OCH3 is 1. The third-order valence-corrected chi connectivity index (χ3v) is 6.93. The summed E-state index contributed by atoms with van der Waals surface area (Å²) in [6.07, 6.45) is 1.53. The summed E-state index contributed by atoms with van der Waals surface area (Å²) in [7, 11) is 0.986. The van der Waals surface area contributed by atoms with Crippen molar-refractivity contribution in [3.05, 3.63) is 53.6 Å². The molecule has 0 saturated carbocycles. The molecule has 0 radical (unpaired) electrons. The number of ether oxygens (including phenoxy) is 1. The van der Waals surface area contributed by atoms with Crippen molar-refractivity contribution in [3.8, 4) is 5.75 Å². The van der Waals surface area contributed by atoms with Gasteiger partial charge in [-0.3, -0.25) is 4.79 Å². The van der Waals surface area contributed by atoms with Crippen LogP contribution in [0.1, 0.15) is 24.5 Å². The Hall–Kier alpha value is -2.38. The summed E-state index contributed by atoms with van der Waals surface area (Å²) in [5.74, 6) is 0.612. The molecule has 150 valence electrons. The van der Waals surface area contributed by atoms with E-state index in [1.807, 2.05) is 30.0 Å². The molecule has 7 heteroatoms. The molecule has 0 fully saturated rings.